The van der Waals surface area contributed by atoms with E-state index in [1.807, 2.05) is 43.3 Å². The Labute approximate surface area is 172 Å². The first-order valence-electron chi connectivity index (χ1n) is 8.95. The van der Waals surface area contributed by atoms with Gasteiger partial charge >= 0.3 is 0 Å². The number of thiazole rings is 1. The van der Waals surface area contributed by atoms with Crippen LogP contribution >= 0.6 is 27.3 Å². The number of carbonyl (C=O) groups is 1. The lowest BCUT2D eigenvalue weighted by molar-refractivity contribution is 0.0985. The van der Waals surface area contributed by atoms with E-state index < -0.39 is 0 Å². The van der Waals surface area contributed by atoms with Crippen LogP contribution in [0.2, 0.25) is 0 Å². The van der Waals surface area contributed by atoms with Gasteiger partial charge in [-0.05, 0) is 92.2 Å². The molecule has 0 aliphatic carbocycles. The van der Waals surface area contributed by atoms with Gasteiger partial charge in [0.1, 0.15) is 0 Å². The molecule has 0 radical (unpaired) electrons. The summed E-state index contributed by atoms with van der Waals surface area (Å²) in [5, 5.41) is 0.759. The highest BCUT2D eigenvalue weighted by atomic mass is 79.9. The number of rotatable bonds is 6. The number of aryl methyl sites for hydroxylation is 2. The van der Waals surface area contributed by atoms with Crippen LogP contribution in [0.25, 0.3) is 10.2 Å². The van der Waals surface area contributed by atoms with Gasteiger partial charge < -0.3 is 4.90 Å². The molecule has 1 aromatic heterocycles. The summed E-state index contributed by atoms with van der Waals surface area (Å²) in [6, 6.07) is 11.8. The van der Waals surface area contributed by atoms with E-state index in [0.29, 0.717) is 12.1 Å². The topological polar surface area (TPSA) is 36.4 Å². The highest BCUT2D eigenvalue weighted by molar-refractivity contribution is 9.10. The van der Waals surface area contributed by atoms with Crippen molar-refractivity contribution < 1.29 is 4.79 Å². The first-order chi connectivity index (χ1) is 12.9. The minimum atomic E-state index is -0.0197. The molecule has 0 aliphatic rings. The van der Waals surface area contributed by atoms with Crippen molar-refractivity contribution in [2.24, 2.45) is 0 Å². The Morgan fingerprint density at radius 3 is 2.52 bits per heavy atom. The maximum atomic E-state index is 13.3. The molecule has 4 nitrogen and oxygen atoms in total. The molecule has 0 N–H and O–H groups in total. The molecule has 3 aromatic rings. The molecule has 0 saturated heterocycles. The van der Waals surface area contributed by atoms with Crippen LogP contribution in [0.5, 0.6) is 0 Å². The summed E-state index contributed by atoms with van der Waals surface area (Å²) in [5.41, 5.74) is 4.08. The number of hydrogen-bond acceptors (Lipinski definition) is 4. The second-order valence-corrected chi connectivity index (χ2v) is 8.86. The van der Waals surface area contributed by atoms with Crippen molar-refractivity contribution in [1.29, 1.82) is 0 Å². The van der Waals surface area contributed by atoms with E-state index in [9.17, 15) is 4.79 Å². The summed E-state index contributed by atoms with van der Waals surface area (Å²) >= 11 is 5.09. The number of fused-ring (bicyclic) bond motifs is 1. The number of carbonyl (C=O) groups excluding carboxylic acids is 1. The standard InChI is InChI=1S/C21H24BrN3OS/c1-14-12-18-19(13-15(14)2)27-21(23-18)25(11-7-10-24(3)4)20(26)16-8-5-6-9-17(16)22/h5-6,8-9,12-13H,7,10-11H2,1-4H3. The minimum Gasteiger partial charge on any atom is -0.309 e. The molecule has 3 rings (SSSR count). The molecule has 0 saturated carbocycles. The Balaban J connectivity index is 1.98. The van der Waals surface area contributed by atoms with Crippen LogP contribution in [-0.2, 0) is 0 Å². The first kappa shape index (κ1) is 20.0. The van der Waals surface area contributed by atoms with Gasteiger partial charge in [-0.3, -0.25) is 9.69 Å². The third-order valence-electron chi connectivity index (χ3n) is 4.56. The minimum absolute atomic E-state index is 0.0197. The van der Waals surface area contributed by atoms with Crippen molar-refractivity contribution in [3.8, 4) is 0 Å². The average Bonchev–Trinajstić information content (AvgIpc) is 3.01. The Kier molecular flexibility index (Phi) is 6.29. The zero-order valence-corrected chi connectivity index (χ0v) is 18.5. The molecule has 0 aliphatic heterocycles. The molecule has 6 heteroatoms. The molecule has 27 heavy (non-hydrogen) atoms. The average molecular weight is 446 g/mol. The predicted octanol–water partition coefficient (Wildman–Crippen LogP) is 5.27. The highest BCUT2D eigenvalue weighted by Crippen LogP contribution is 2.32. The van der Waals surface area contributed by atoms with Gasteiger partial charge in [0, 0.05) is 11.0 Å². The van der Waals surface area contributed by atoms with Gasteiger partial charge in [0.25, 0.3) is 5.91 Å². The molecular weight excluding hydrogens is 422 g/mol. The Hall–Kier alpha value is -1.76. The van der Waals surface area contributed by atoms with Crippen LogP contribution < -0.4 is 4.90 Å². The summed E-state index contributed by atoms with van der Waals surface area (Å²) in [7, 11) is 4.09. The number of hydrogen-bond donors (Lipinski definition) is 0. The SMILES string of the molecule is Cc1cc2nc(N(CCCN(C)C)C(=O)c3ccccc3Br)sc2cc1C. The number of halogens is 1. The monoisotopic (exact) mass is 445 g/mol. The molecule has 0 atom stereocenters. The summed E-state index contributed by atoms with van der Waals surface area (Å²) in [4.78, 5) is 22.0. The largest absolute Gasteiger partial charge is 0.309 e. The maximum absolute atomic E-state index is 13.3. The van der Waals surface area contributed by atoms with E-state index in [4.69, 9.17) is 4.98 Å². The Morgan fingerprint density at radius 2 is 1.81 bits per heavy atom. The van der Waals surface area contributed by atoms with Gasteiger partial charge in [-0.25, -0.2) is 4.98 Å². The molecule has 1 heterocycles. The van der Waals surface area contributed by atoms with E-state index in [2.05, 4.69) is 46.8 Å². The van der Waals surface area contributed by atoms with Crippen molar-refractivity contribution in [1.82, 2.24) is 9.88 Å². The number of benzene rings is 2. The fourth-order valence-electron chi connectivity index (χ4n) is 2.89. The fourth-order valence-corrected chi connectivity index (χ4v) is 4.42. The quantitative estimate of drug-likeness (QED) is 0.517. The van der Waals surface area contributed by atoms with Crippen molar-refractivity contribution in [3.05, 3.63) is 57.6 Å². The van der Waals surface area contributed by atoms with Gasteiger partial charge in [0.05, 0.1) is 15.8 Å². The van der Waals surface area contributed by atoms with E-state index in [0.717, 1.165) is 32.8 Å². The van der Waals surface area contributed by atoms with Gasteiger partial charge in [-0.2, -0.15) is 0 Å². The van der Waals surface area contributed by atoms with Gasteiger partial charge in [0.2, 0.25) is 0 Å². The molecule has 1 amide bonds. The zero-order chi connectivity index (χ0) is 19.6. The third kappa shape index (κ3) is 4.57. The van der Waals surface area contributed by atoms with Crippen molar-refractivity contribution in [2.75, 3.05) is 32.1 Å². The molecule has 0 unspecified atom stereocenters. The molecule has 142 valence electrons. The van der Waals surface area contributed by atoms with E-state index >= 15 is 0 Å². The number of aromatic nitrogens is 1. The van der Waals surface area contributed by atoms with Crippen LogP contribution in [0.1, 0.15) is 27.9 Å². The summed E-state index contributed by atoms with van der Waals surface area (Å²) in [5.74, 6) is -0.0197. The molecule has 0 bridgehead atoms. The fraction of sp³-hybridized carbons (Fsp3) is 0.333. The number of anilines is 1. The Morgan fingerprint density at radius 1 is 1.11 bits per heavy atom. The van der Waals surface area contributed by atoms with E-state index in [1.165, 1.54) is 11.1 Å². The summed E-state index contributed by atoms with van der Waals surface area (Å²) in [6.45, 7) is 5.75. The maximum Gasteiger partial charge on any atom is 0.261 e. The molecule has 2 aromatic carbocycles. The first-order valence-corrected chi connectivity index (χ1v) is 10.6. The molecule has 0 spiro atoms. The van der Waals surface area contributed by atoms with E-state index in [-0.39, 0.29) is 5.91 Å². The molecular formula is C21H24BrN3OS. The lowest BCUT2D eigenvalue weighted by Crippen LogP contribution is -2.33. The normalized spacial score (nSPS) is 11.3. The highest BCUT2D eigenvalue weighted by Gasteiger charge is 2.22. The summed E-state index contributed by atoms with van der Waals surface area (Å²) in [6.07, 6.45) is 0.886. The smallest absolute Gasteiger partial charge is 0.261 e. The van der Waals surface area contributed by atoms with Crippen molar-refractivity contribution in [2.45, 2.75) is 20.3 Å². The van der Waals surface area contributed by atoms with E-state index in [1.54, 1.807) is 11.3 Å². The van der Waals surface area contributed by atoms with Gasteiger partial charge in [0.15, 0.2) is 5.13 Å². The predicted molar refractivity (Wildman–Crippen MR) is 118 cm³/mol. The third-order valence-corrected chi connectivity index (χ3v) is 6.29. The molecule has 0 fully saturated rings. The van der Waals surface area contributed by atoms with Crippen LogP contribution in [0.3, 0.4) is 0 Å². The van der Waals surface area contributed by atoms with Crippen LogP contribution in [0.4, 0.5) is 5.13 Å². The second kappa shape index (κ2) is 8.50. The lowest BCUT2D eigenvalue weighted by Gasteiger charge is -2.21. The van der Waals surface area contributed by atoms with Gasteiger partial charge in [-0.15, -0.1) is 0 Å². The lowest BCUT2D eigenvalue weighted by atomic mass is 10.1. The zero-order valence-electron chi connectivity index (χ0n) is 16.1. The number of nitrogens with zero attached hydrogens (tertiary/aromatic N) is 3. The van der Waals surface area contributed by atoms with Crippen LogP contribution in [0, 0.1) is 13.8 Å². The van der Waals surface area contributed by atoms with Crippen LogP contribution in [-0.4, -0.2) is 43.0 Å². The Bertz CT molecular complexity index is 928. The van der Waals surface area contributed by atoms with Crippen LogP contribution in [0.15, 0.2) is 40.9 Å². The second-order valence-electron chi connectivity index (χ2n) is 6.99. The van der Waals surface area contributed by atoms with Crippen molar-refractivity contribution >= 4 is 48.5 Å². The number of amides is 1. The van der Waals surface area contributed by atoms with Crippen molar-refractivity contribution in [3.63, 3.8) is 0 Å². The van der Waals surface area contributed by atoms with Gasteiger partial charge in [-0.1, -0.05) is 23.5 Å². The summed E-state index contributed by atoms with van der Waals surface area (Å²) < 4.78 is 1.92.